The van der Waals surface area contributed by atoms with Gasteiger partial charge in [-0.25, -0.2) is 4.98 Å². The van der Waals surface area contributed by atoms with Crippen LogP contribution in [0, 0.1) is 5.92 Å². The van der Waals surface area contributed by atoms with Gasteiger partial charge in [0.25, 0.3) is 0 Å². The summed E-state index contributed by atoms with van der Waals surface area (Å²) in [5, 5.41) is 6.66. The van der Waals surface area contributed by atoms with Gasteiger partial charge in [0.1, 0.15) is 0 Å². The molecule has 1 saturated heterocycles. The van der Waals surface area contributed by atoms with Gasteiger partial charge in [0.15, 0.2) is 0 Å². The number of carbonyl (C=O) groups excluding carboxylic acids is 1. The fourth-order valence-corrected chi connectivity index (χ4v) is 3.72. The lowest BCUT2D eigenvalue weighted by Crippen LogP contribution is -2.38. The van der Waals surface area contributed by atoms with Gasteiger partial charge >= 0.3 is 0 Å². The molecule has 1 aromatic heterocycles. The first-order chi connectivity index (χ1) is 10.3. The average molecular weight is 290 g/mol. The molecule has 3 unspecified atom stereocenters. The zero-order chi connectivity index (χ0) is 14.5. The van der Waals surface area contributed by atoms with E-state index in [-0.39, 0.29) is 11.9 Å². The van der Waals surface area contributed by atoms with E-state index in [1.807, 2.05) is 18.7 Å². The number of piperidine rings is 1. The topological polar surface area (TPSA) is 59.0 Å². The molecule has 1 aliphatic carbocycles. The van der Waals surface area contributed by atoms with Crippen molar-refractivity contribution in [3.05, 3.63) is 18.7 Å². The average Bonchev–Trinajstić information content (AvgIpc) is 3.17. The lowest BCUT2D eigenvalue weighted by atomic mass is 9.94. The Morgan fingerprint density at radius 1 is 1.33 bits per heavy atom. The maximum atomic E-state index is 12.2. The Morgan fingerprint density at radius 3 is 3.05 bits per heavy atom. The van der Waals surface area contributed by atoms with Crippen LogP contribution in [0.3, 0.4) is 0 Å². The smallest absolute Gasteiger partial charge is 0.220 e. The van der Waals surface area contributed by atoms with Crippen molar-refractivity contribution in [2.24, 2.45) is 5.92 Å². The Bertz CT molecular complexity index is 439. The standard InChI is InChI=1S/C16H26N4O/c21-16(7-6-13-3-2-8-17-11-13)19-14-4-1-5-15(14)20-10-9-18-12-20/h9-10,12-15,17H,1-8,11H2,(H,19,21). The van der Waals surface area contributed by atoms with E-state index in [1.54, 1.807) is 0 Å². The fraction of sp³-hybridized carbons (Fsp3) is 0.750. The number of nitrogens with one attached hydrogen (secondary N) is 2. The third kappa shape index (κ3) is 3.84. The Hall–Kier alpha value is -1.36. The molecular weight excluding hydrogens is 264 g/mol. The van der Waals surface area contributed by atoms with Gasteiger partial charge in [-0.05, 0) is 57.5 Å². The fourth-order valence-electron chi connectivity index (χ4n) is 3.72. The summed E-state index contributed by atoms with van der Waals surface area (Å²) in [5.41, 5.74) is 0. The zero-order valence-corrected chi connectivity index (χ0v) is 12.6. The van der Waals surface area contributed by atoms with Crippen molar-refractivity contribution in [2.75, 3.05) is 13.1 Å². The van der Waals surface area contributed by atoms with E-state index in [1.165, 1.54) is 19.3 Å². The van der Waals surface area contributed by atoms with Crippen molar-refractivity contribution >= 4 is 5.91 Å². The molecule has 2 fully saturated rings. The first-order valence-electron chi connectivity index (χ1n) is 8.30. The van der Waals surface area contributed by atoms with Gasteiger partial charge < -0.3 is 15.2 Å². The number of amides is 1. The molecule has 5 heteroatoms. The SMILES string of the molecule is O=C(CCC1CCCNC1)NC1CCCC1n1ccnc1. The molecule has 0 radical (unpaired) electrons. The molecule has 2 heterocycles. The van der Waals surface area contributed by atoms with Crippen LogP contribution in [-0.2, 0) is 4.79 Å². The summed E-state index contributed by atoms with van der Waals surface area (Å²) < 4.78 is 2.14. The molecule has 2 aliphatic rings. The Morgan fingerprint density at radius 2 is 2.29 bits per heavy atom. The first-order valence-corrected chi connectivity index (χ1v) is 8.30. The number of nitrogens with zero attached hydrogens (tertiary/aromatic N) is 2. The molecule has 116 valence electrons. The number of rotatable bonds is 5. The van der Waals surface area contributed by atoms with Crippen LogP contribution in [0.25, 0.3) is 0 Å². The van der Waals surface area contributed by atoms with Crippen LogP contribution in [0.5, 0.6) is 0 Å². The lowest BCUT2D eigenvalue weighted by Gasteiger charge is -2.24. The lowest BCUT2D eigenvalue weighted by molar-refractivity contribution is -0.122. The van der Waals surface area contributed by atoms with Gasteiger partial charge in [0.05, 0.1) is 12.4 Å². The van der Waals surface area contributed by atoms with Crippen LogP contribution >= 0.6 is 0 Å². The van der Waals surface area contributed by atoms with Gasteiger partial charge in [-0.3, -0.25) is 4.79 Å². The monoisotopic (exact) mass is 290 g/mol. The maximum Gasteiger partial charge on any atom is 0.220 e. The Kier molecular flexibility index (Phi) is 4.91. The summed E-state index contributed by atoms with van der Waals surface area (Å²) in [6.07, 6.45) is 13.3. The number of aromatic nitrogens is 2. The van der Waals surface area contributed by atoms with Crippen LogP contribution in [0.4, 0.5) is 0 Å². The molecule has 3 atom stereocenters. The predicted octanol–water partition coefficient (Wildman–Crippen LogP) is 1.87. The highest BCUT2D eigenvalue weighted by Crippen LogP contribution is 2.30. The van der Waals surface area contributed by atoms with Gasteiger partial charge in [0.2, 0.25) is 5.91 Å². The molecule has 1 aliphatic heterocycles. The highest BCUT2D eigenvalue weighted by molar-refractivity contribution is 5.76. The van der Waals surface area contributed by atoms with Gasteiger partial charge in [-0.2, -0.15) is 0 Å². The quantitative estimate of drug-likeness (QED) is 0.870. The van der Waals surface area contributed by atoms with Crippen molar-refractivity contribution in [2.45, 2.75) is 57.0 Å². The molecule has 0 spiro atoms. The number of hydrogen-bond donors (Lipinski definition) is 2. The van der Waals surface area contributed by atoms with E-state index in [2.05, 4.69) is 20.2 Å². The van der Waals surface area contributed by atoms with Crippen LogP contribution in [-0.4, -0.2) is 34.6 Å². The summed E-state index contributed by atoms with van der Waals surface area (Å²) in [7, 11) is 0. The van der Waals surface area contributed by atoms with Crippen LogP contribution in [0.1, 0.15) is 51.0 Å². The summed E-state index contributed by atoms with van der Waals surface area (Å²) in [6.45, 7) is 2.21. The molecule has 1 amide bonds. The second-order valence-electron chi connectivity index (χ2n) is 6.43. The number of hydrogen-bond acceptors (Lipinski definition) is 3. The minimum absolute atomic E-state index is 0.220. The molecular formula is C16H26N4O. The summed E-state index contributed by atoms with van der Waals surface area (Å²) in [4.78, 5) is 16.3. The Balaban J connectivity index is 1.45. The Labute approximate surface area is 126 Å². The minimum Gasteiger partial charge on any atom is -0.351 e. The van der Waals surface area contributed by atoms with Gasteiger partial charge in [-0.1, -0.05) is 0 Å². The molecule has 1 saturated carbocycles. The second-order valence-corrected chi connectivity index (χ2v) is 6.43. The zero-order valence-electron chi connectivity index (χ0n) is 12.6. The third-order valence-electron chi connectivity index (χ3n) is 4.91. The van der Waals surface area contributed by atoms with Crippen LogP contribution < -0.4 is 10.6 Å². The number of imidazole rings is 1. The van der Waals surface area contributed by atoms with E-state index in [0.29, 0.717) is 18.4 Å². The van der Waals surface area contributed by atoms with Crippen molar-refractivity contribution in [3.63, 3.8) is 0 Å². The highest BCUT2D eigenvalue weighted by atomic mass is 16.1. The van der Waals surface area contributed by atoms with Crippen molar-refractivity contribution in [1.29, 1.82) is 0 Å². The number of carbonyl (C=O) groups is 1. The largest absolute Gasteiger partial charge is 0.351 e. The molecule has 21 heavy (non-hydrogen) atoms. The normalized spacial score (nSPS) is 29.4. The van der Waals surface area contributed by atoms with Crippen LogP contribution in [0.2, 0.25) is 0 Å². The third-order valence-corrected chi connectivity index (χ3v) is 4.91. The van der Waals surface area contributed by atoms with E-state index >= 15 is 0 Å². The van der Waals surface area contributed by atoms with Crippen molar-refractivity contribution < 1.29 is 4.79 Å². The van der Waals surface area contributed by atoms with Gasteiger partial charge in [-0.15, -0.1) is 0 Å². The molecule has 1 aromatic rings. The highest BCUT2D eigenvalue weighted by Gasteiger charge is 2.29. The molecule has 0 aromatic carbocycles. The predicted molar refractivity (Wildman–Crippen MR) is 81.9 cm³/mol. The van der Waals surface area contributed by atoms with E-state index in [9.17, 15) is 4.79 Å². The van der Waals surface area contributed by atoms with Crippen molar-refractivity contribution in [1.82, 2.24) is 20.2 Å². The van der Waals surface area contributed by atoms with Crippen LogP contribution in [0.15, 0.2) is 18.7 Å². The molecule has 2 N–H and O–H groups in total. The van der Waals surface area contributed by atoms with E-state index in [4.69, 9.17) is 0 Å². The minimum atomic E-state index is 0.220. The molecule has 5 nitrogen and oxygen atoms in total. The van der Waals surface area contributed by atoms with Crippen molar-refractivity contribution in [3.8, 4) is 0 Å². The summed E-state index contributed by atoms with van der Waals surface area (Å²) in [5.74, 6) is 0.898. The molecule has 0 bridgehead atoms. The van der Waals surface area contributed by atoms with E-state index < -0.39 is 0 Å². The molecule has 3 rings (SSSR count). The maximum absolute atomic E-state index is 12.2. The summed E-state index contributed by atoms with van der Waals surface area (Å²) >= 11 is 0. The summed E-state index contributed by atoms with van der Waals surface area (Å²) in [6, 6.07) is 0.656. The van der Waals surface area contributed by atoms with E-state index in [0.717, 1.165) is 32.4 Å². The van der Waals surface area contributed by atoms with Gasteiger partial charge in [0, 0.05) is 24.9 Å². The first kappa shape index (κ1) is 14.6. The second kappa shape index (κ2) is 7.07.